The quantitative estimate of drug-likeness (QED) is 0.895. The van der Waals surface area contributed by atoms with E-state index in [2.05, 4.69) is 4.72 Å². The SMILES string of the molecule is O=C(c1csc(S(=O)(=O)NCc2cccs2)c1)N1CCCC1. The lowest BCUT2D eigenvalue weighted by molar-refractivity contribution is 0.0793. The van der Waals surface area contributed by atoms with Gasteiger partial charge in [0.05, 0.1) is 5.56 Å². The van der Waals surface area contributed by atoms with Crippen molar-refractivity contribution >= 4 is 38.6 Å². The third kappa shape index (κ3) is 3.40. The molecule has 0 radical (unpaired) electrons. The maximum Gasteiger partial charge on any atom is 0.254 e. The second kappa shape index (κ2) is 6.49. The van der Waals surface area contributed by atoms with Gasteiger partial charge in [0.2, 0.25) is 10.0 Å². The molecule has 1 fully saturated rings. The van der Waals surface area contributed by atoms with Crippen molar-refractivity contribution in [1.82, 2.24) is 9.62 Å². The molecule has 0 atom stereocenters. The zero-order chi connectivity index (χ0) is 15.6. The Balaban J connectivity index is 1.70. The first-order valence-electron chi connectivity index (χ1n) is 6.96. The number of sulfonamides is 1. The van der Waals surface area contributed by atoms with Gasteiger partial charge in [0.1, 0.15) is 4.21 Å². The predicted molar refractivity (Wildman–Crippen MR) is 87.8 cm³/mol. The smallest absolute Gasteiger partial charge is 0.254 e. The molecule has 0 aliphatic carbocycles. The highest BCUT2D eigenvalue weighted by Crippen LogP contribution is 2.23. The van der Waals surface area contributed by atoms with E-state index >= 15 is 0 Å². The number of nitrogens with zero attached hydrogens (tertiary/aromatic N) is 1. The maximum atomic E-state index is 12.3. The summed E-state index contributed by atoms with van der Waals surface area (Å²) in [6, 6.07) is 5.23. The number of hydrogen-bond acceptors (Lipinski definition) is 5. The van der Waals surface area contributed by atoms with Crippen LogP contribution in [0.25, 0.3) is 0 Å². The highest BCUT2D eigenvalue weighted by molar-refractivity contribution is 7.91. The van der Waals surface area contributed by atoms with Crippen LogP contribution in [0, 0.1) is 0 Å². The molecule has 1 aliphatic rings. The van der Waals surface area contributed by atoms with Crippen molar-refractivity contribution < 1.29 is 13.2 Å². The van der Waals surface area contributed by atoms with Crippen LogP contribution < -0.4 is 4.72 Å². The summed E-state index contributed by atoms with van der Waals surface area (Å²) in [6.07, 6.45) is 2.03. The number of hydrogen-bond donors (Lipinski definition) is 1. The zero-order valence-corrected chi connectivity index (χ0v) is 14.3. The lowest BCUT2D eigenvalue weighted by Crippen LogP contribution is -2.27. The van der Waals surface area contributed by atoms with Crippen molar-refractivity contribution in [3.8, 4) is 0 Å². The predicted octanol–water partition coefficient (Wildman–Crippen LogP) is 2.52. The van der Waals surface area contributed by atoms with Gasteiger partial charge in [-0.25, -0.2) is 13.1 Å². The standard InChI is InChI=1S/C14H16N2O3S3/c17-14(16-5-1-2-6-16)11-8-13(21-10-11)22(18,19)15-9-12-4-3-7-20-12/h3-4,7-8,10,15H,1-2,5-6,9H2. The first-order valence-corrected chi connectivity index (χ1v) is 10.2. The fourth-order valence-electron chi connectivity index (χ4n) is 2.32. The van der Waals surface area contributed by atoms with Gasteiger partial charge in [0, 0.05) is 29.9 Å². The van der Waals surface area contributed by atoms with Gasteiger partial charge >= 0.3 is 0 Å². The second-order valence-corrected chi connectivity index (χ2v) is 8.99. The van der Waals surface area contributed by atoms with Gasteiger partial charge in [-0.1, -0.05) is 6.07 Å². The molecule has 5 nitrogen and oxygen atoms in total. The lowest BCUT2D eigenvalue weighted by atomic mass is 10.3. The molecule has 1 N–H and O–H groups in total. The van der Waals surface area contributed by atoms with Crippen molar-refractivity contribution in [2.45, 2.75) is 23.6 Å². The number of nitrogens with one attached hydrogen (secondary N) is 1. The number of likely N-dealkylation sites (tertiary alicyclic amines) is 1. The fraction of sp³-hybridized carbons (Fsp3) is 0.357. The van der Waals surface area contributed by atoms with Crippen LogP contribution in [0.1, 0.15) is 28.1 Å². The Morgan fingerprint density at radius 1 is 1.27 bits per heavy atom. The highest BCUT2D eigenvalue weighted by Gasteiger charge is 2.23. The third-order valence-corrected chi connectivity index (χ3v) is 7.21. The first-order chi connectivity index (χ1) is 10.6. The minimum Gasteiger partial charge on any atom is -0.339 e. The number of carbonyl (C=O) groups is 1. The summed E-state index contributed by atoms with van der Waals surface area (Å²) in [6.45, 7) is 1.79. The number of amides is 1. The zero-order valence-electron chi connectivity index (χ0n) is 11.8. The molecule has 8 heteroatoms. The number of carbonyl (C=O) groups excluding carboxylic acids is 1. The molecule has 0 bridgehead atoms. The lowest BCUT2D eigenvalue weighted by Gasteiger charge is -2.13. The minimum atomic E-state index is -3.57. The second-order valence-electron chi connectivity index (χ2n) is 5.06. The first kappa shape index (κ1) is 15.7. The van der Waals surface area contributed by atoms with Gasteiger partial charge in [0.15, 0.2) is 0 Å². The number of thiophene rings is 2. The van der Waals surface area contributed by atoms with Gasteiger partial charge in [-0.2, -0.15) is 0 Å². The summed E-state index contributed by atoms with van der Waals surface area (Å²) < 4.78 is 27.3. The van der Waals surface area contributed by atoms with Crippen LogP contribution in [0.3, 0.4) is 0 Å². The molecule has 118 valence electrons. The fourth-order valence-corrected chi connectivity index (χ4v) is 5.26. The van der Waals surface area contributed by atoms with E-state index in [-0.39, 0.29) is 16.7 Å². The maximum absolute atomic E-state index is 12.3. The highest BCUT2D eigenvalue weighted by atomic mass is 32.2. The van der Waals surface area contributed by atoms with Crippen molar-refractivity contribution in [2.75, 3.05) is 13.1 Å². The molecule has 3 heterocycles. The Bertz CT molecular complexity index is 744. The Kier molecular flexibility index (Phi) is 4.62. The molecule has 1 aliphatic heterocycles. The van der Waals surface area contributed by atoms with Gasteiger partial charge in [-0.15, -0.1) is 22.7 Å². The largest absolute Gasteiger partial charge is 0.339 e. The molecule has 1 saturated heterocycles. The summed E-state index contributed by atoms with van der Waals surface area (Å²) in [4.78, 5) is 15.0. The molecule has 0 saturated carbocycles. The molecular formula is C14H16N2O3S3. The summed E-state index contributed by atoms with van der Waals surface area (Å²) in [7, 11) is -3.57. The molecule has 1 amide bonds. The van der Waals surface area contributed by atoms with Crippen molar-refractivity contribution in [1.29, 1.82) is 0 Å². The average Bonchev–Trinajstić information content (AvgIpc) is 3.26. The molecule has 0 unspecified atom stereocenters. The summed E-state index contributed by atoms with van der Waals surface area (Å²) >= 11 is 2.59. The Morgan fingerprint density at radius 2 is 2.05 bits per heavy atom. The Morgan fingerprint density at radius 3 is 2.73 bits per heavy atom. The van der Waals surface area contributed by atoms with Crippen molar-refractivity contribution in [3.63, 3.8) is 0 Å². The van der Waals surface area contributed by atoms with E-state index in [0.717, 1.165) is 42.1 Å². The summed E-state index contributed by atoms with van der Waals surface area (Å²) in [5.74, 6) is -0.0755. The molecule has 0 spiro atoms. The van der Waals surface area contributed by atoms with E-state index in [9.17, 15) is 13.2 Å². The molecule has 2 aromatic rings. The minimum absolute atomic E-state index is 0.0755. The molecule has 0 aromatic carbocycles. The monoisotopic (exact) mass is 356 g/mol. The van der Waals surface area contributed by atoms with Gasteiger partial charge in [-0.3, -0.25) is 4.79 Å². The third-order valence-electron chi connectivity index (χ3n) is 3.50. The van der Waals surface area contributed by atoms with Crippen LogP contribution >= 0.6 is 22.7 Å². The van der Waals surface area contributed by atoms with Gasteiger partial charge < -0.3 is 4.90 Å². The van der Waals surface area contributed by atoms with E-state index in [0.29, 0.717) is 5.56 Å². The molecule has 3 rings (SSSR count). The van der Waals surface area contributed by atoms with Gasteiger partial charge in [0.25, 0.3) is 5.91 Å². The van der Waals surface area contributed by atoms with Crippen LogP contribution in [0.5, 0.6) is 0 Å². The number of rotatable bonds is 5. The molecular weight excluding hydrogens is 340 g/mol. The Labute approximate surface area is 137 Å². The Hall–Kier alpha value is -1.22. The van der Waals surface area contributed by atoms with Crippen molar-refractivity contribution in [2.24, 2.45) is 0 Å². The summed E-state index contributed by atoms with van der Waals surface area (Å²) in [5, 5.41) is 3.53. The van der Waals surface area contributed by atoms with Crippen LogP contribution in [-0.4, -0.2) is 32.3 Å². The van der Waals surface area contributed by atoms with E-state index in [1.807, 2.05) is 17.5 Å². The summed E-state index contributed by atoms with van der Waals surface area (Å²) in [5.41, 5.74) is 0.461. The molecule has 2 aromatic heterocycles. The van der Waals surface area contributed by atoms with E-state index in [1.165, 1.54) is 17.4 Å². The van der Waals surface area contributed by atoms with Crippen LogP contribution in [0.4, 0.5) is 0 Å². The van der Waals surface area contributed by atoms with Crippen LogP contribution in [-0.2, 0) is 16.6 Å². The average molecular weight is 356 g/mol. The van der Waals surface area contributed by atoms with E-state index < -0.39 is 10.0 Å². The van der Waals surface area contributed by atoms with Crippen LogP contribution in [0.2, 0.25) is 0 Å². The van der Waals surface area contributed by atoms with E-state index in [4.69, 9.17) is 0 Å². The van der Waals surface area contributed by atoms with Gasteiger partial charge in [-0.05, 0) is 30.4 Å². The topological polar surface area (TPSA) is 66.5 Å². The van der Waals surface area contributed by atoms with E-state index in [1.54, 1.807) is 10.3 Å². The normalized spacial score (nSPS) is 15.4. The van der Waals surface area contributed by atoms with Crippen molar-refractivity contribution in [3.05, 3.63) is 39.4 Å². The molecule has 22 heavy (non-hydrogen) atoms. The van der Waals surface area contributed by atoms with Crippen LogP contribution in [0.15, 0.2) is 33.2 Å².